The lowest BCUT2D eigenvalue weighted by Gasteiger charge is -2.13. The highest BCUT2D eigenvalue weighted by atomic mass is 32.1. The van der Waals surface area contributed by atoms with Gasteiger partial charge in [0.25, 0.3) is 0 Å². The van der Waals surface area contributed by atoms with E-state index in [1.807, 2.05) is 42.5 Å². The second-order valence-electron chi connectivity index (χ2n) is 6.85. The largest absolute Gasteiger partial charge is 0.490 e. The number of pyridine rings is 1. The molecule has 2 aromatic heterocycles. The second kappa shape index (κ2) is 8.93. The predicted molar refractivity (Wildman–Crippen MR) is 109 cm³/mol. The number of hydrogen-bond acceptors (Lipinski definition) is 6. The molecule has 0 aliphatic heterocycles. The van der Waals surface area contributed by atoms with Crippen molar-refractivity contribution in [3.8, 4) is 16.5 Å². The first-order valence-electron chi connectivity index (χ1n) is 9.56. The Labute approximate surface area is 168 Å². The minimum Gasteiger partial charge on any atom is -0.490 e. The number of carbonyl (C=O) groups excluding carboxylic acids is 1. The summed E-state index contributed by atoms with van der Waals surface area (Å²) in [6.45, 7) is 0. The smallest absolute Gasteiger partial charge is 0.226 e. The van der Waals surface area contributed by atoms with Crippen LogP contribution in [0, 0.1) is 0 Å². The van der Waals surface area contributed by atoms with E-state index in [1.54, 1.807) is 6.20 Å². The fourth-order valence-electron chi connectivity index (χ4n) is 3.28. The summed E-state index contributed by atoms with van der Waals surface area (Å²) in [7, 11) is 0. The topological polar surface area (TPSA) is 77.0 Å². The van der Waals surface area contributed by atoms with E-state index in [0.29, 0.717) is 29.1 Å². The number of aromatic nitrogens is 3. The highest BCUT2D eigenvalue weighted by Crippen LogP contribution is 2.26. The molecule has 1 aliphatic carbocycles. The fraction of sp³-hybridized carbons (Fsp3) is 0.333. The van der Waals surface area contributed by atoms with Gasteiger partial charge in [0.15, 0.2) is 5.01 Å². The molecule has 0 spiro atoms. The molecule has 0 bridgehead atoms. The molecule has 1 N–H and O–H groups in total. The van der Waals surface area contributed by atoms with Crippen LogP contribution in [0.25, 0.3) is 10.7 Å². The van der Waals surface area contributed by atoms with Gasteiger partial charge in [0.2, 0.25) is 11.0 Å². The Morgan fingerprint density at radius 3 is 2.86 bits per heavy atom. The number of benzene rings is 1. The summed E-state index contributed by atoms with van der Waals surface area (Å²) < 4.78 is 6.04. The lowest BCUT2D eigenvalue weighted by atomic mass is 10.1. The minimum atomic E-state index is -0.0779. The van der Waals surface area contributed by atoms with E-state index in [1.165, 1.54) is 24.2 Å². The Morgan fingerprint density at radius 2 is 2.04 bits per heavy atom. The van der Waals surface area contributed by atoms with Gasteiger partial charge in [0, 0.05) is 12.6 Å². The zero-order valence-electron chi connectivity index (χ0n) is 15.5. The van der Waals surface area contributed by atoms with Crippen molar-refractivity contribution < 1.29 is 9.53 Å². The molecular formula is C21H22N4O2S. The molecule has 6 nitrogen and oxygen atoms in total. The molecule has 0 atom stereocenters. The van der Waals surface area contributed by atoms with Gasteiger partial charge < -0.3 is 10.1 Å². The van der Waals surface area contributed by atoms with E-state index in [9.17, 15) is 4.79 Å². The van der Waals surface area contributed by atoms with Gasteiger partial charge in [-0.25, -0.2) is 0 Å². The molecule has 1 saturated carbocycles. The molecule has 4 rings (SSSR count). The molecule has 1 aliphatic rings. The lowest BCUT2D eigenvalue weighted by molar-refractivity contribution is -0.116. The first-order chi connectivity index (χ1) is 13.8. The van der Waals surface area contributed by atoms with Crippen LogP contribution in [-0.4, -0.2) is 27.2 Å². The van der Waals surface area contributed by atoms with Gasteiger partial charge in [0.1, 0.15) is 11.4 Å². The minimum absolute atomic E-state index is 0.0779. The molecule has 0 unspecified atom stereocenters. The maximum atomic E-state index is 12.3. The number of nitrogens with zero attached hydrogens (tertiary/aromatic N) is 3. The highest BCUT2D eigenvalue weighted by molar-refractivity contribution is 7.18. The highest BCUT2D eigenvalue weighted by Gasteiger charge is 2.16. The summed E-state index contributed by atoms with van der Waals surface area (Å²) in [4.78, 5) is 16.5. The van der Waals surface area contributed by atoms with Crippen LogP contribution in [0.5, 0.6) is 5.75 Å². The molecule has 144 valence electrons. The van der Waals surface area contributed by atoms with E-state index in [-0.39, 0.29) is 5.91 Å². The van der Waals surface area contributed by atoms with Crippen LogP contribution in [0.1, 0.15) is 37.7 Å². The van der Waals surface area contributed by atoms with Gasteiger partial charge in [-0.05, 0) is 61.9 Å². The molecule has 2 heterocycles. The van der Waals surface area contributed by atoms with Gasteiger partial charge in [-0.3, -0.25) is 9.78 Å². The number of rotatable bonds is 7. The molecule has 1 fully saturated rings. The lowest BCUT2D eigenvalue weighted by Crippen LogP contribution is -2.12. The maximum Gasteiger partial charge on any atom is 0.226 e. The number of amides is 1. The monoisotopic (exact) mass is 394 g/mol. The van der Waals surface area contributed by atoms with Crippen molar-refractivity contribution >= 4 is 22.4 Å². The van der Waals surface area contributed by atoms with Crippen LogP contribution in [0.15, 0.2) is 48.7 Å². The van der Waals surface area contributed by atoms with E-state index >= 15 is 0 Å². The average Bonchev–Trinajstić information content (AvgIpc) is 3.40. The first-order valence-corrected chi connectivity index (χ1v) is 10.4. The van der Waals surface area contributed by atoms with Crippen molar-refractivity contribution in [2.24, 2.45) is 0 Å². The van der Waals surface area contributed by atoms with E-state index in [4.69, 9.17) is 4.74 Å². The van der Waals surface area contributed by atoms with Crippen molar-refractivity contribution in [1.29, 1.82) is 0 Å². The van der Waals surface area contributed by atoms with Crippen LogP contribution in [0.4, 0.5) is 5.13 Å². The molecular weight excluding hydrogens is 372 g/mol. The SMILES string of the molecule is O=C(CCc1cccc(OC2CCCC2)c1)Nc1nnc(-c2ccccn2)s1. The van der Waals surface area contributed by atoms with Crippen LogP contribution >= 0.6 is 11.3 Å². The van der Waals surface area contributed by atoms with Crippen LogP contribution < -0.4 is 10.1 Å². The third-order valence-corrected chi connectivity index (χ3v) is 5.56. The average molecular weight is 394 g/mol. The number of hydrogen-bond donors (Lipinski definition) is 1. The van der Waals surface area contributed by atoms with E-state index in [0.717, 1.165) is 29.8 Å². The van der Waals surface area contributed by atoms with Crippen LogP contribution in [0.2, 0.25) is 0 Å². The molecule has 28 heavy (non-hydrogen) atoms. The van der Waals surface area contributed by atoms with Crippen molar-refractivity contribution in [2.75, 3.05) is 5.32 Å². The number of anilines is 1. The Bertz CT molecular complexity index is 923. The van der Waals surface area contributed by atoms with Gasteiger partial charge in [-0.1, -0.05) is 29.5 Å². The normalized spacial score (nSPS) is 14.1. The summed E-state index contributed by atoms with van der Waals surface area (Å²) in [6.07, 6.45) is 7.84. The molecule has 0 radical (unpaired) electrons. The molecule has 1 aromatic carbocycles. The Balaban J connectivity index is 1.29. The van der Waals surface area contributed by atoms with Crippen molar-refractivity contribution in [3.05, 3.63) is 54.2 Å². The fourth-order valence-corrected chi connectivity index (χ4v) is 4.02. The standard InChI is InChI=1S/C21H22N4O2S/c26-19(23-21-25-24-20(28-21)18-10-3-4-13-22-18)12-11-15-6-5-9-17(14-15)27-16-7-1-2-8-16/h3-6,9-10,13-14,16H,1-2,7-8,11-12H2,(H,23,25,26). The summed E-state index contributed by atoms with van der Waals surface area (Å²) in [5.41, 5.74) is 1.84. The molecule has 0 saturated heterocycles. The third-order valence-electron chi connectivity index (χ3n) is 4.70. The van der Waals surface area contributed by atoms with Crippen LogP contribution in [-0.2, 0) is 11.2 Å². The van der Waals surface area contributed by atoms with Crippen LogP contribution in [0.3, 0.4) is 0 Å². The number of aryl methyl sites for hydroxylation is 1. The number of ether oxygens (including phenoxy) is 1. The van der Waals surface area contributed by atoms with Gasteiger partial charge in [0.05, 0.1) is 6.10 Å². The molecule has 1 amide bonds. The third kappa shape index (κ3) is 4.92. The molecule has 3 aromatic rings. The van der Waals surface area contributed by atoms with Gasteiger partial charge >= 0.3 is 0 Å². The summed E-state index contributed by atoms with van der Waals surface area (Å²) in [5, 5.41) is 12.1. The first kappa shape index (κ1) is 18.6. The second-order valence-corrected chi connectivity index (χ2v) is 7.82. The van der Waals surface area contributed by atoms with E-state index < -0.39 is 0 Å². The molecule has 7 heteroatoms. The summed E-state index contributed by atoms with van der Waals surface area (Å²) in [5.74, 6) is 0.819. The van der Waals surface area contributed by atoms with Crippen molar-refractivity contribution in [3.63, 3.8) is 0 Å². The Morgan fingerprint density at radius 1 is 1.14 bits per heavy atom. The number of nitrogens with one attached hydrogen (secondary N) is 1. The van der Waals surface area contributed by atoms with Gasteiger partial charge in [-0.15, -0.1) is 10.2 Å². The van der Waals surface area contributed by atoms with E-state index in [2.05, 4.69) is 20.5 Å². The Kier molecular flexibility index (Phi) is 5.92. The summed E-state index contributed by atoms with van der Waals surface area (Å²) >= 11 is 1.32. The Hall–Kier alpha value is -2.80. The number of carbonyl (C=O) groups is 1. The maximum absolute atomic E-state index is 12.3. The quantitative estimate of drug-likeness (QED) is 0.639. The zero-order valence-corrected chi connectivity index (χ0v) is 16.3. The van der Waals surface area contributed by atoms with Gasteiger partial charge in [-0.2, -0.15) is 0 Å². The summed E-state index contributed by atoms with van der Waals surface area (Å²) in [6, 6.07) is 13.7. The van der Waals surface area contributed by atoms with Crippen molar-refractivity contribution in [1.82, 2.24) is 15.2 Å². The predicted octanol–water partition coefficient (Wildman–Crippen LogP) is 4.49. The van der Waals surface area contributed by atoms with Crippen molar-refractivity contribution in [2.45, 2.75) is 44.6 Å². The zero-order chi connectivity index (χ0) is 19.2.